The third-order valence-corrected chi connectivity index (χ3v) is 2.79. The maximum absolute atomic E-state index is 9.97. The van der Waals surface area contributed by atoms with Crippen LogP contribution in [0.3, 0.4) is 0 Å². The summed E-state index contributed by atoms with van der Waals surface area (Å²) in [6.07, 6.45) is 0.961. The molecule has 0 saturated heterocycles. The molecule has 1 aromatic carbocycles. The van der Waals surface area contributed by atoms with Crippen LogP contribution in [0.5, 0.6) is 11.5 Å². The zero-order valence-electron chi connectivity index (χ0n) is 12.2. The van der Waals surface area contributed by atoms with E-state index in [0.717, 1.165) is 30.9 Å². The van der Waals surface area contributed by atoms with Crippen LogP contribution in [0.15, 0.2) is 18.2 Å². The van der Waals surface area contributed by atoms with E-state index in [1.54, 1.807) is 6.07 Å². The maximum Gasteiger partial charge on any atom is 0.123 e. The normalized spacial score (nSPS) is 10.9. The number of ether oxygens (including phenoxy) is 2. The summed E-state index contributed by atoms with van der Waals surface area (Å²) in [7, 11) is 2.01. The van der Waals surface area contributed by atoms with Crippen molar-refractivity contribution >= 4 is 0 Å². The Balaban J connectivity index is 2.49. The van der Waals surface area contributed by atoms with Crippen molar-refractivity contribution < 1.29 is 14.6 Å². The highest BCUT2D eigenvalue weighted by molar-refractivity contribution is 5.39. The lowest BCUT2D eigenvalue weighted by Gasteiger charge is -2.17. The first-order valence-corrected chi connectivity index (χ1v) is 6.88. The van der Waals surface area contributed by atoms with Crippen LogP contribution < -0.4 is 4.74 Å². The molecule has 0 fully saturated rings. The monoisotopic (exact) mass is 267 g/mol. The molecule has 1 aromatic rings. The van der Waals surface area contributed by atoms with E-state index in [1.165, 1.54) is 0 Å². The number of hydrogen-bond donors (Lipinski definition) is 1. The van der Waals surface area contributed by atoms with Crippen LogP contribution in [0.2, 0.25) is 0 Å². The predicted octanol–water partition coefficient (Wildman–Crippen LogP) is 2.65. The molecule has 0 saturated carbocycles. The summed E-state index contributed by atoms with van der Waals surface area (Å²) in [5, 5.41) is 9.97. The fourth-order valence-corrected chi connectivity index (χ4v) is 1.72. The number of aromatic hydroxyl groups is 1. The molecule has 0 amide bonds. The summed E-state index contributed by atoms with van der Waals surface area (Å²) in [6, 6.07) is 5.50. The summed E-state index contributed by atoms with van der Waals surface area (Å²) >= 11 is 0. The predicted molar refractivity (Wildman–Crippen MR) is 76.7 cm³/mol. The van der Waals surface area contributed by atoms with Gasteiger partial charge in [0.2, 0.25) is 0 Å². The molecule has 19 heavy (non-hydrogen) atoms. The molecule has 4 nitrogen and oxygen atoms in total. The van der Waals surface area contributed by atoms with Crippen molar-refractivity contribution in [3.8, 4) is 11.5 Å². The van der Waals surface area contributed by atoms with E-state index in [4.69, 9.17) is 9.47 Å². The molecule has 0 atom stereocenters. The molecule has 0 aliphatic heterocycles. The summed E-state index contributed by atoms with van der Waals surface area (Å²) < 4.78 is 10.8. The molecule has 0 bridgehead atoms. The van der Waals surface area contributed by atoms with Gasteiger partial charge in [-0.15, -0.1) is 0 Å². The Morgan fingerprint density at radius 3 is 2.63 bits per heavy atom. The van der Waals surface area contributed by atoms with Crippen LogP contribution in [0.4, 0.5) is 0 Å². The van der Waals surface area contributed by atoms with Gasteiger partial charge in [-0.05, 0) is 26.5 Å². The van der Waals surface area contributed by atoms with E-state index in [2.05, 4.69) is 11.8 Å². The first kappa shape index (κ1) is 15.8. The van der Waals surface area contributed by atoms with E-state index in [0.29, 0.717) is 19.8 Å². The van der Waals surface area contributed by atoms with Crippen molar-refractivity contribution in [3.63, 3.8) is 0 Å². The van der Waals surface area contributed by atoms with Gasteiger partial charge < -0.3 is 14.6 Å². The Hall–Kier alpha value is -1.26. The lowest BCUT2D eigenvalue weighted by atomic mass is 10.2. The minimum Gasteiger partial charge on any atom is -0.507 e. The molecule has 0 heterocycles. The van der Waals surface area contributed by atoms with Crippen molar-refractivity contribution in [2.45, 2.75) is 26.8 Å². The number of benzene rings is 1. The smallest absolute Gasteiger partial charge is 0.123 e. The van der Waals surface area contributed by atoms with Crippen LogP contribution in [0.25, 0.3) is 0 Å². The molecule has 0 radical (unpaired) electrons. The van der Waals surface area contributed by atoms with Crippen LogP contribution >= 0.6 is 0 Å². The molecule has 1 N–H and O–H groups in total. The summed E-state index contributed by atoms with van der Waals surface area (Å²) in [4.78, 5) is 2.12. The third-order valence-electron chi connectivity index (χ3n) is 2.79. The van der Waals surface area contributed by atoms with Crippen LogP contribution in [0, 0.1) is 0 Å². The molecule has 0 unspecified atom stereocenters. The SMILES string of the molecule is CCCOc1ccc(CN(C)CCOCC)c(O)c1. The standard InChI is InChI=1S/C15H25NO3/c1-4-9-19-14-7-6-13(15(17)11-14)12-16(3)8-10-18-5-2/h6-7,11,17H,4-5,8-10,12H2,1-3H3. The topological polar surface area (TPSA) is 41.9 Å². The summed E-state index contributed by atoms with van der Waals surface area (Å²) in [6.45, 7) is 7.72. The molecular weight excluding hydrogens is 242 g/mol. The largest absolute Gasteiger partial charge is 0.507 e. The Bertz CT molecular complexity index is 368. The first-order chi connectivity index (χ1) is 9.17. The van der Waals surface area contributed by atoms with Gasteiger partial charge in [0.1, 0.15) is 11.5 Å². The minimum absolute atomic E-state index is 0.289. The molecule has 0 aliphatic rings. The molecular formula is C15H25NO3. The lowest BCUT2D eigenvalue weighted by molar-refractivity contribution is 0.120. The van der Waals surface area contributed by atoms with Crippen molar-refractivity contribution in [1.82, 2.24) is 4.90 Å². The van der Waals surface area contributed by atoms with Gasteiger partial charge in [0.15, 0.2) is 0 Å². The van der Waals surface area contributed by atoms with Crippen molar-refractivity contribution in [1.29, 1.82) is 0 Å². The number of nitrogens with zero attached hydrogens (tertiary/aromatic N) is 1. The maximum atomic E-state index is 9.97. The zero-order valence-corrected chi connectivity index (χ0v) is 12.2. The van der Waals surface area contributed by atoms with E-state index in [-0.39, 0.29) is 5.75 Å². The van der Waals surface area contributed by atoms with Gasteiger partial charge in [-0.3, -0.25) is 4.90 Å². The molecule has 0 aliphatic carbocycles. The first-order valence-electron chi connectivity index (χ1n) is 6.88. The fourth-order valence-electron chi connectivity index (χ4n) is 1.72. The fraction of sp³-hybridized carbons (Fsp3) is 0.600. The van der Waals surface area contributed by atoms with Gasteiger partial charge >= 0.3 is 0 Å². The zero-order chi connectivity index (χ0) is 14.1. The van der Waals surface area contributed by atoms with E-state index in [1.807, 2.05) is 26.1 Å². The highest BCUT2D eigenvalue weighted by Crippen LogP contribution is 2.24. The summed E-state index contributed by atoms with van der Waals surface area (Å²) in [5.41, 5.74) is 0.905. The lowest BCUT2D eigenvalue weighted by Crippen LogP contribution is -2.22. The van der Waals surface area contributed by atoms with Gasteiger partial charge in [-0.1, -0.05) is 13.0 Å². The third kappa shape index (κ3) is 5.94. The number of rotatable bonds is 9. The minimum atomic E-state index is 0.289. The van der Waals surface area contributed by atoms with Crippen LogP contribution in [-0.4, -0.2) is 43.4 Å². The van der Waals surface area contributed by atoms with Crippen LogP contribution in [-0.2, 0) is 11.3 Å². The number of likely N-dealkylation sites (N-methyl/N-ethyl adjacent to an activating group) is 1. The van der Waals surface area contributed by atoms with E-state index >= 15 is 0 Å². The molecule has 4 heteroatoms. The molecule has 1 rings (SSSR count). The Kier molecular flexibility index (Phi) is 7.30. The second-order valence-electron chi connectivity index (χ2n) is 4.57. The summed E-state index contributed by atoms with van der Waals surface area (Å²) in [5.74, 6) is 1.01. The molecule has 108 valence electrons. The van der Waals surface area contributed by atoms with E-state index in [9.17, 15) is 5.11 Å². The average Bonchev–Trinajstić information content (AvgIpc) is 2.39. The average molecular weight is 267 g/mol. The Morgan fingerprint density at radius 2 is 2.00 bits per heavy atom. The number of hydrogen-bond acceptors (Lipinski definition) is 4. The van der Waals surface area contributed by atoms with Crippen molar-refractivity contribution in [2.24, 2.45) is 0 Å². The Morgan fingerprint density at radius 1 is 1.21 bits per heavy atom. The van der Waals surface area contributed by atoms with Gasteiger partial charge in [0, 0.05) is 31.3 Å². The second-order valence-corrected chi connectivity index (χ2v) is 4.57. The highest BCUT2D eigenvalue weighted by Gasteiger charge is 2.06. The van der Waals surface area contributed by atoms with Gasteiger partial charge in [0.05, 0.1) is 13.2 Å². The van der Waals surface area contributed by atoms with Crippen molar-refractivity contribution in [2.75, 3.05) is 33.4 Å². The van der Waals surface area contributed by atoms with Gasteiger partial charge in [-0.2, -0.15) is 0 Å². The Labute approximate surface area is 115 Å². The number of phenols is 1. The highest BCUT2D eigenvalue weighted by atomic mass is 16.5. The molecule has 0 aromatic heterocycles. The number of phenolic OH excluding ortho intramolecular Hbond substituents is 1. The van der Waals surface area contributed by atoms with E-state index < -0.39 is 0 Å². The van der Waals surface area contributed by atoms with Crippen molar-refractivity contribution in [3.05, 3.63) is 23.8 Å². The van der Waals surface area contributed by atoms with Gasteiger partial charge in [-0.25, -0.2) is 0 Å². The molecule has 0 spiro atoms. The quantitative estimate of drug-likeness (QED) is 0.698. The second kappa shape index (κ2) is 8.77. The van der Waals surface area contributed by atoms with Crippen LogP contribution in [0.1, 0.15) is 25.8 Å². The van der Waals surface area contributed by atoms with Gasteiger partial charge in [0.25, 0.3) is 0 Å².